The molecule has 0 saturated heterocycles. The molecule has 1 heterocycles. The van der Waals surface area contributed by atoms with Crippen LogP contribution in [0.3, 0.4) is 0 Å². The van der Waals surface area contributed by atoms with Crippen molar-refractivity contribution in [1.29, 1.82) is 0 Å². The van der Waals surface area contributed by atoms with Gasteiger partial charge in [-0.3, -0.25) is 9.59 Å². The van der Waals surface area contributed by atoms with Crippen molar-refractivity contribution in [3.05, 3.63) is 57.5 Å². The van der Waals surface area contributed by atoms with Gasteiger partial charge in [-0.2, -0.15) is 0 Å². The number of anilines is 2. The molecule has 0 radical (unpaired) electrons. The van der Waals surface area contributed by atoms with E-state index in [1.807, 2.05) is 0 Å². The fourth-order valence-electron chi connectivity index (χ4n) is 2.48. The highest BCUT2D eigenvalue weighted by molar-refractivity contribution is 9.10. The number of hydrogen-bond acceptors (Lipinski definition) is 3. The molecule has 0 fully saturated rings. The number of amides is 2. The molecular formula is C16H13BrClN3O2. The molecule has 0 spiro atoms. The highest BCUT2D eigenvalue weighted by Crippen LogP contribution is 2.31. The molecule has 2 N–H and O–H groups in total. The minimum atomic E-state index is -0.372. The zero-order valence-corrected chi connectivity index (χ0v) is 14.3. The van der Waals surface area contributed by atoms with Crippen molar-refractivity contribution < 1.29 is 9.59 Å². The van der Waals surface area contributed by atoms with Crippen molar-refractivity contribution in [2.75, 3.05) is 16.5 Å². The van der Waals surface area contributed by atoms with E-state index in [1.165, 1.54) is 4.90 Å². The van der Waals surface area contributed by atoms with Gasteiger partial charge < -0.3 is 4.90 Å². The van der Waals surface area contributed by atoms with Crippen LogP contribution in [0.5, 0.6) is 0 Å². The topological polar surface area (TPSA) is 66.6 Å². The van der Waals surface area contributed by atoms with Crippen molar-refractivity contribution in [2.45, 2.75) is 6.42 Å². The number of fused-ring (bicyclic) bond motifs is 1. The first kappa shape index (κ1) is 16.0. The Hall–Kier alpha value is -1.89. The molecule has 5 nitrogen and oxygen atoms in total. The lowest BCUT2D eigenvalue weighted by molar-refractivity contribution is -0.121. The molecule has 0 aromatic heterocycles. The van der Waals surface area contributed by atoms with Crippen molar-refractivity contribution in [3.8, 4) is 0 Å². The second kappa shape index (κ2) is 6.31. The minimum Gasteiger partial charge on any atom is -0.302 e. The van der Waals surface area contributed by atoms with Gasteiger partial charge in [0.2, 0.25) is 5.91 Å². The normalized spacial score (nSPS) is 13.2. The average molecular weight is 395 g/mol. The first-order valence-electron chi connectivity index (χ1n) is 6.88. The number of benzene rings is 2. The summed E-state index contributed by atoms with van der Waals surface area (Å²) in [6, 6.07) is 12.2. The Morgan fingerprint density at radius 1 is 1.26 bits per heavy atom. The molecule has 1 aliphatic rings. The summed E-state index contributed by atoms with van der Waals surface area (Å²) in [5.41, 5.74) is 2.08. The molecule has 0 unspecified atom stereocenters. The summed E-state index contributed by atoms with van der Waals surface area (Å²) in [6.07, 6.45) is 0.242. The molecule has 1 aliphatic heterocycles. The number of hydrazine groups is 1. The Labute approximate surface area is 146 Å². The SMILES string of the molecule is NN(C(=O)CN1C(=O)Cc2cc(Cl)ccc21)c1ccc(Br)cc1. The van der Waals surface area contributed by atoms with E-state index in [-0.39, 0.29) is 24.8 Å². The predicted molar refractivity (Wildman–Crippen MR) is 93.3 cm³/mol. The van der Waals surface area contributed by atoms with E-state index in [4.69, 9.17) is 17.4 Å². The summed E-state index contributed by atoms with van der Waals surface area (Å²) in [4.78, 5) is 26.0. The molecule has 2 aromatic carbocycles. The smallest absolute Gasteiger partial charge is 0.261 e. The lowest BCUT2D eigenvalue weighted by atomic mass is 10.2. The van der Waals surface area contributed by atoms with Crippen LogP contribution in [-0.2, 0) is 16.0 Å². The molecule has 0 bridgehead atoms. The third-order valence-electron chi connectivity index (χ3n) is 3.64. The lowest BCUT2D eigenvalue weighted by Crippen LogP contribution is -2.45. The van der Waals surface area contributed by atoms with Crippen molar-refractivity contribution in [1.82, 2.24) is 0 Å². The van der Waals surface area contributed by atoms with Crippen LogP contribution < -0.4 is 15.8 Å². The maximum Gasteiger partial charge on any atom is 0.261 e. The highest BCUT2D eigenvalue weighted by atomic mass is 79.9. The van der Waals surface area contributed by atoms with Gasteiger partial charge in [0.25, 0.3) is 5.91 Å². The second-order valence-electron chi connectivity index (χ2n) is 5.17. The number of rotatable bonds is 3. The van der Waals surface area contributed by atoms with Gasteiger partial charge >= 0.3 is 0 Å². The van der Waals surface area contributed by atoms with Crippen LogP contribution in [0.2, 0.25) is 5.02 Å². The van der Waals surface area contributed by atoms with E-state index in [9.17, 15) is 9.59 Å². The summed E-state index contributed by atoms with van der Waals surface area (Å²) < 4.78 is 0.891. The van der Waals surface area contributed by atoms with E-state index in [0.29, 0.717) is 16.4 Å². The van der Waals surface area contributed by atoms with Gasteiger partial charge in [-0.05, 0) is 48.0 Å². The van der Waals surface area contributed by atoms with E-state index >= 15 is 0 Å². The summed E-state index contributed by atoms with van der Waals surface area (Å²) in [5.74, 6) is 5.35. The van der Waals surface area contributed by atoms with Crippen LogP contribution in [0.1, 0.15) is 5.56 Å². The Balaban J connectivity index is 1.78. The van der Waals surface area contributed by atoms with Crippen LogP contribution in [-0.4, -0.2) is 18.4 Å². The van der Waals surface area contributed by atoms with Gasteiger partial charge in [-0.1, -0.05) is 27.5 Å². The van der Waals surface area contributed by atoms with Gasteiger partial charge in [0.1, 0.15) is 6.54 Å². The number of nitrogens with two attached hydrogens (primary N) is 1. The third kappa shape index (κ3) is 3.24. The number of halogens is 2. The van der Waals surface area contributed by atoms with Gasteiger partial charge in [0, 0.05) is 15.2 Å². The fourth-order valence-corrected chi connectivity index (χ4v) is 2.94. The Bertz CT molecular complexity index is 779. The molecule has 0 atom stereocenters. The van der Waals surface area contributed by atoms with Crippen molar-refractivity contribution in [2.24, 2.45) is 5.84 Å². The molecule has 3 rings (SSSR count). The van der Waals surface area contributed by atoms with Gasteiger partial charge in [0.15, 0.2) is 0 Å². The van der Waals surface area contributed by atoms with E-state index in [2.05, 4.69) is 15.9 Å². The van der Waals surface area contributed by atoms with Crippen molar-refractivity contribution in [3.63, 3.8) is 0 Å². The van der Waals surface area contributed by atoms with Crippen LogP contribution in [0, 0.1) is 0 Å². The fraction of sp³-hybridized carbons (Fsp3) is 0.125. The molecule has 0 aliphatic carbocycles. The number of hydrogen-bond donors (Lipinski definition) is 1. The summed E-state index contributed by atoms with van der Waals surface area (Å²) >= 11 is 9.27. The Morgan fingerprint density at radius 3 is 2.65 bits per heavy atom. The highest BCUT2D eigenvalue weighted by Gasteiger charge is 2.30. The minimum absolute atomic E-state index is 0.111. The molecule has 0 saturated carbocycles. The molecule has 2 aromatic rings. The average Bonchev–Trinajstić information content (AvgIpc) is 2.82. The van der Waals surface area contributed by atoms with Crippen LogP contribution in [0.4, 0.5) is 11.4 Å². The summed E-state index contributed by atoms with van der Waals surface area (Å²) in [7, 11) is 0. The summed E-state index contributed by atoms with van der Waals surface area (Å²) in [6.45, 7) is -0.111. The Kier molecular flexibility index (Phi) is 4.39. The first-order valence-corrected chi connectivity index (χ1v) is 8.05. The molecule has 23 heavy (non-hydrogen) atoms. The Morgan fingerprint density at radius 2 is 1.96 bits per heavy atom. The van der Waals surface area contributed by atoms with E-state index in [0.717, 1.165) is 15.0 Å². The predicted octanol–water partition coefficient (Wildman–Crippen LogP) is 2.90. The lowest BCUT2D eigenvalue weighted by Gasteiger charge is -2.22. The monoisotopic (exact) mass is 393 g/mol. The van der Waals surface area contributed by atoms with Crippen molar-refractivity contribution >= 4 is 50.7 Å². The van der Waals surface area contributed by atoms with Gasteiger partial charge in [-0.15, -0.1) is 0 Å². The van der Waals surface area contributed by atoms with E-state index < -0.39 is 0 Å². The zero-order valence-electron chi connectivity index (χ0n) is 12.0. The number of nitrogens with zero attached hydrogens (tertiary/aromatic N) is 2. The van der Waals surface area contributed by atoms with Crippen LogP contribution in [0.15, 0.2) is 46.9 Å². The molecular weight excluding hydrogens is 382 g/mol. The maximum absolute atomic E-state index is 12.4. The van der Waals surface area contributed by atoms with Gasteiger partial charge in [0.05, 0.1) is 12.1 Å². The quantitative estimate of drug-likeness (QED) is 0.494. The molecule has 118 valence electrons. The maximum atomic E-state index is 12.4. The van der Waals surface area contributed by atoms with Crippen LogP contribution >= 0.6 is 27.5 Å². The third-order valence-corrected chi connectivity index (χ3v) is 4.41. The molecule has 2 amide bonds. The molecule has 7 heteroatoms. The zero-order chi connectivity index (χ0) is 16.6. The van der Waals surface area contributed by atoms with Gasteiger partial charge in [-0.25, -0.2) is 10.9 Å². The summed E-state index contributed by atoms with van der Waals surface area (Å²) in [5, 5.41) is 1.62. The first-order chi connectivity index (χ1) is 11.0. The number of carbonyl (C=O) groups is 2. The van der Waals surface area contributed by atoms with E-state index in [1.54, 1.807) is 42.5 Å². The number of carbonyl (C=O) groups excluding carboxylic acids is 2. The standard InChI is InChI=1S/C16H13BrClN3O2/c17-11-1-4-13(5-2-11)21(19)16(23)9-20-14-6-3-12(18)7-10(14)8-15(20)22/h1-7H,8-9,19H2. The second-order valence-corrected chi connectivity index (χ2v) is 6.52. The largest absolute Gasteiger partial charge is 0.302 e. The van der Waals surface area contributed by atoms with Crippen LogP contribution in [0.25, 0.3) is 0 Å².